The molecule has 2 aromatic rings. The van der Waals surface area contributed by atoms with Gasteiger partial charge in [0.2, 0.25) is 0 Å². The second kappa shape index (κ2) is 6.05. The molecular weight excluding hydrogens is 348 g/mol. The minimum absolute atomic E-state index is 0.147. The van der Waals surface area contributed by atoms with Crippen molar-refractivity contribution in [2.75, 3.05) is 6.54 Å². The normalized spacial score (nSPS) is 14.5. The molecule has 1 aliphatic rings. The number of pyridine rings is 1. The number of benzene rings is 1. The zero-order valence-electron chi connectivity index (χ0n) is 12.2. The van der Waals surface area contributed by atoms with Crippen molar-refractivity contribution in [2.24, 2.45) is 0 Å². The first kappa shape index (κ1) is 16.7. The molecule has 3 nitrogen and oxygen atoms in total. The van der Waals surface area contributed by atoms with Crippen LogP contribution in [0.15, 0.2) is 30.5 Å². The van der Waals surface area contributed by atoms with E-state index in [0.717, 1.165) is 17.3 Å². The third-order valence-corrected chi connectivity index (χ3v) is 4.14. The Kier molecular flexibility index (Phi) is 4.21. The maximum atomic E-state index is 13.4. The van der Waals surface area contributed by atoms with Crippen LogP contribution >= 0.6 is 11.6 Å². The Balaban J connectivity index is 1.98. The lowest BCUT2D eigenvalue weighted by atomic mass is 10.0. The lowest BCUT2D eigenvalue weighted by molar-refractivity contribution is -0.138. The van der Waals surface area contributed by atoms with Crippen molar-refractivity contribution in [2.45, 2.75) is 19.1 Å². The summed E-state index contributed by atoms with van der Waals surface area (Å²) in [6.45, 7) is 0.378. The van der Waals surface area contributed by atoms with Gasteiger partial charge in [-0.3, -0.25) is 9.78 Å². The number of carbonyl (C=O) groups excluding carboxylic acids is 1. The Morgan fingerprint density at radius 2 is 2.04 bits per heavy atom. The molecule has 0 N–H and O–H groups in total. The van der Waals surface area contributed by atoms with Gasteiger partial charge in [0.1, 0.15) is 5.82 Å². The molecule has 0 spiro atoms. The van der Waals surface area contributed by atoms with Crippen LogP contribution in [-0.2, 0) is 19.1 Å². The Morgan fingerprint density at radius 3 is 2.75 bits per heavy atom. The highest BCUT2D eigenvalue weighted by molar-refractivity contribution is 6.31. The van der Waals surface area contributed by atoms with Gasteiger partial charge >= 0.3 is 6.18 Å². The number of aromatic nitrogens is 1. The maximum Gasteiger partial charge on any atom is 0.417 e. The topological polar surface area (TPSA) is 33.2 Å². The number of hydrogen-bond acceptors (Lipinski definition) is 2. The zero-order chi connectivity index (χ0) is 17.5. The maximum absolute atomic E-state index is 13.4. The molecule has 0 saturated carbocycles. The van der Waals surface area contributed by atoms with E-state index in [1.165, 1.54) is 4.90 Å². The third-order valence-electron chi connectivity index (χ3n) is 3.85. The van der Waals surface area contributed by atoms with E-state index in [2.05, 4.69) is 4.98 Å². The number of hydrogen-bond donors (Lipinski definition) is 0. The average Bonchev–Trinajstić information content (AvgIpc) is 2.55. The lowest BCUT2D eigenvalue weighted by Crippen LogP contribution is -2.37. The molecule has 2 heterocycles. The minimum atomic E-state index is -4.86. The predicted molar refractivity (Wildman–Crippen MR) is 79.1 cm³/mol. The number of rotatable bonds is 1. The van der Waals surface area contributed by atoms with E-state index in [1.54, 1.807) is 18.3 Å². The van der Waals surface area contributed by atoms with Crippen LogP contribution in [0.4, 0.5) is 17.6 Å². The summed E-state index contributed by atoms with van der Waals surface area (Å²) in [7, 11) is 0. The van der Waals surface area contributed by atoms with Crippen molar-refractivity contribution in [3.8, 4) is 0 Å². The average molecular weight is 359 g/mol. The van der Waals surface area contributed by atoms with Gasteiger partial charge in [-0.1, -0.05) is 17.7 Å². The molecule has 0 unspecified atom stereocenters. The molecule has 0 radical (unpaired) electrons. The Labute approximate surface area is 139 Å². The molecule has 1 aromatic heterocycles. The van der Waals surface area contributed by atoms with Crippen molar-refractivity contribution in [3.63, 3.8) is 0 Å². The largest absolute Gasteiger partial charge is 0.417 e. The summed E-state index contributed by atoms with van der Waals surface area (Å²) in [5.74, 6) is -2.05. The van der Waals surface area contributed by atoms with Crippen molar-refractivity contribution in [1.29, 1.82) is 0 Å². The zero-order valence-corrected chi connectivity index (χ0v) is 13.0. The van der Waals surface area contributed by atoms with E-state index in [1.807, 2.05) is 0 Å². The van der Waals surface area contributed by atoms with Crippen LogP contribution in [0.1, 0.15) is 27.2 Å². The Bertz CT molecular complexity index is 807. The van der Waals surface area contributed by atoms with Crippen LogP contribution in [0, 0.1) is 5.82 Å². The summed E-state index contributed by atoms with van der Waals surface area (Å²) in [6, 6.07) is 4.46. The molecule has 24 heavy (non-hydrogen) atoms. The Hall–Kier alpha value is -2.15. The molecule has 8 heteroatoms. The molecule has 126 valence electrons. The van der Waals surface area contributed by atoms with E-state index >= 15 is 0 Å². The molecule has 0 saturated heterocycles. The molecule has 1 aromatic carbocycles. The van der Waals surface area contributed by atoms with Crippen molar-refractivity contribution in [1.82, 2.24) is 9.88 Å². The Morgan fingerprint density at radius 1 is 1.29 bits per heavy atom. The van der Waals surface area contributed by atoms with Crippen molar-refractivity contribution < 1.29 is 22.4 Å². The fourth-order valence-electron chi connectivity index (χ4n) is 2.67. The number of nitrogens with zero attached hydrogens (tertiary/aromatic N) is 2. The summed E-state index contributed by atoms with van der Waals surface area (Å²) >= 11 is 5.58. The van der Waals surface area contributed by atoms with E-state index in [-0.39, 0.29) is 19.2 Å². The highest BCUT2D eigenvalue weighted by atomic mass is 35.5. The fourth-order valence-corrected chi connectivity index (χ4v) is 2.83. The van der Waals surface area contributed by atoms with E-state index < -0.39 is 34.1 Å². The standard InChI is InChI=1S/C16H11ClF4N2O/c17-12-6-10(11(7-13(12)18)16(19,20)21)15(24)23-5-3-14-9(8-23)2-1-4-22-14/h1-2,4,6-7H,3,5,8H2. The van der Waals surface area contributed by atoms with Gasteiger partial charge < -0.3 is 4.90 Å². The summed E-state index contributed by atoms with van der Waals surface area (Å²) in [4.78, 5) is 18.0. The highest BCUT2D eigenvalue weighted by Gasteiger charge is 2.38. The molecular formula is C16H11ClF4N2O. The predicted octanol–water partition coefficient (Wildman–Crippen LogP) is 4.09. The highest BCUT2D eigenvalue weighted by Crippen LogP contribution is 2.35. The van der Waals surface area contributed by atoms with Gasteiger partial charge in [-0.05, 0) is 23.8 Å². The number of alkyl halides is 3. The molecule has 0 bridgehead atoms. The SMILES string of the molecule is O=C(c1cc(Cl)c(F)cc1C(F)(F)F)N1CCc2ncccc2C1. The lowest BCUT2D eigenvalue weighted by Gasteiger charge is -2.29. The molecule has 1 amide bonds. The molecule has 0 aliphatic carbocycles. The van der Waals surface area contributed by atoms with Crippen molar-refractivity contribution >= 4 is 17.5 Å². The van der Waals surface area contributed by atoms with Gasteiger partial charge in [0, 0.05) is 31.4 Å². The molecule has 3 rings (SSSR count). The monoisotopic (exact) mass is 358 g/mol. The fraction of sp³-hybridized carbons (Fsp3) is 0.250. The quantitative estimate of drug-likeness (QED) is 0.719. The summed E-state index contributed by atoms with van der Waals surface area (Å²) in [6.07, 6.45) is -2.79. The second-order valence-electron chi connectivity index (χ2n) is 5.40. The number of halogens is 5. The first-order chi connectivity index (χ1) is 11.3. The number of amides is 1. The summed E-state index contributed by atoms with van der Waals surface area (Å²) in [5, 5.41) is -0.523. The van der Waals surface area contributed by atoms with Crippen LogP contribution in [0.3, 0.4) is 0 Å². The number of fused-ring (bicyclic) bond motifs is 1. The van der Waals surface area contributed by atoms with Crippen LogP contribution in [0.5, 0.6) is 0 Å². The third kappa shape index (κ3) is 3.08. The molecule has 0 fully saturated rings. The van der Waals surface area contributed by atoms with Gasteiger partial charge in [-0.15, -0.1) is 0 Å². The summed E-state index contributed by atoms with van der Waals surface area (Å²) in [5.41, 5.74) is -0.388. The first-order valence-corrected chi connectivity index (χ1v) is 7.43. The first-order valence-electron chi connectivity index (χ1n) is 7.05. The minimum Gasteiger partial charge on any atom is -0.334 e. The van der Waals surface area contributed by atoms with Crippen molar-refractivity contribution in [3.05, 3.63) is 63.7 Å². The number of carbonyl (C=O) groups is 1. The van der Waals surface area contributed by atoms with E-state index in [9.17, 15) is 22.4 Å². The van der Waals surface area contributed by atoms with Crippen LogP contribution in [0.2, 0.25) is 5.02 Å². The van der Waals surface area contributed by atoms with Crippen LogP contribution in [0.25, 0.3) is 0 Å². The van der Waals surface area contributed by atoms with Crippen LogP contribution in [-0.4, -0.2) is 22.3 Å². The van der Waals surface area contributed by atoms with Gasteiger partial charge in [-0.2, -0.15) is 13.2 Å². The van der Waals surface area contributed by atoms with Crippen LogP contribution < -0.4 is 0 Å². The van der Waals surface area contributed by atoms with Gasteiger partial charge in [0.25, 0.3) is 5.91 Å². The van der Waals surface area contributed by atoms with Gasteiger partial charge in [0.15, 0.2) is 0 Å². The van der Waals surface area contributed by atoms with Gasteiger partial charge in [-0.25, -0.2) is 4.39 Å². The molecule has 1 aliphatic heterocycles. The van der Waals surface area contributed by atoms with E-state index in [0.29, 0.717) is 6.42 Å². The van der Waals surface area contributed by atoms with E-state index in [4.69, 9.17) is 11.6 Å². The van der Waals surface area contributed by atoms with Gasteiger partial charge in [0.05, 0.1) is 16.1 Å². The molecule has 0 atom stereocenters. The second-order valence-corrected chi connectivity index (χ2v) is 5.80. The summed E-state index contributed by atoms with van der Waals surface area (Å²) < 4.78 is 52.8. The smallest absolute Gasteiger partial charge is 0.334 e.